The molecule has 0 saturated heterocycles. The van der Waals surface area contributed by atoms with E-state index in [1.807, 2.05) is 13.0 Å². The van der Waals surface area contributed by atoms with Crippen LogP contribution >= 0.6 is 0 Å². The van der Waals surface area contributed by atoms with Crippen LogP contribution in [0.3, 0.4) is 0 Å². The van der Waals surface area contributed by atoms with E-state index in [9.17, 15) is 4.79 Å². The van der Waals surface area contributed by atoms with Gasteiger partial charge in [0.05, 0.1) is 17.4 Å². The van der Waals surface area contributed by atoms with Crippen LogP contribution in [0.5, 0.6) is 0 Å². The molecule has 0 spiro atoms. The van der Waals surface area contributed by atoms with Crippen LogP contribution in [0.15, 0.2) is 42.9 Å². The molecule has 2 aromatic rings. The van der Waals surface area contributed by atoms with Crippen molar-refractivity contribution in [2.75, 3.05) is 17.2 Å². The first kappa shape index (κ1) is 12.0. The second-order valence-electron chi connectivity index (χ2n) is 3.62. The highest BCUT2D eigenvalue weighted by molar-refractivity contribution is 6.07. The van der Waals surface area contributed by atoms with Crippen LogP contribution in [0.2, 0.25) is 0 Å². The molecule has 1 amide bonds. The molecular weight excluding hydrogens is 228 g/mol. The Balaban J connectivity index is 2.19. The van der Waals surface area contributed by atoms with E-state index >= 15 is 0 Å². The van der Waals surface area contributed by atoms with Gasteiger partial charge in [-0.25, -0.2) is 4.98 Å². The Morgan fingerprint density at radius 2 is 2.17 bits per heavy atom. The van der Waals surface area contributed by atoms with Crippen LogP contribution < -0.4 is 10.6 Å². The van der Waals surface area contributed by atoms with E-state index < -0.39 is 0 Å². The first-order valence-corrected chi connectivity index (χ1v) is 5.71. The van der Waals surface area contributed by atoms with Crippen LogP contribution in [-0.2, 0) is 0 Å². The predicted octanol–water partition coefficient (Wildman–Crippen LogP) is 2.16. The van der Waals surface area contributed by atoms with E-state index in [0.29, 0.717) is 17.1 Å². The molecule has 0 aliphatic rings. The van der Waals surface area contributed by atoms with Gasteiger partial charge in [-0.05, 0) is 25.1 Å². The molecule has 2 aromatic heterocycles. The first-order valence-electron chi connectivity index (χ1n) is 5.71. The molecule has 0 aromatic carbocycles. The summed E-state index contributed by atoms with van der Waals surface area (Å²) in [6.07, 6.45) is 4.86. The number of pyridine rings is 2. The summed E-state index contributed by atoms with van der Waals surface area (Å²) in [6, 6.07) is 7.04. The summed E-state index contributed by atoms with van der Waals surface area (Å²) in [6.45, 7) is 2.70. The Morgan fingerprint density at radius 1 is 1.28 bits per heavy atom. The molecule has 5 heteroatoms. The van der Waals surface area contributed by atoms with Crippen LogP contribution in [0.25, 0.3) is 0 Å². The highest BCUT2D eigenvalue weighted by Gasteiger charge is 2.11. The fourth-order valence-corrected chi connectivity index (χ4v) is 1.54. The van der Waals surface area contributed by atoms with E-state index in [4.69, 9.17) is 0 Å². The van der Waals surface area contributed by atoms with Gasteiger partial charge in [-0.1, -0.05) is 6.07 Å². The zero-order chi connectivity index (χ0) is 12.8. The molecule has 2 heterocycles. The summed E-state index contributed by atoms with van der Waals surface area (Å²) < 4.78 is 0. The van der Waals surface area contributed by atoms with Crippen molar-refractivity contribution in [3.05, 3.63) is 48.4 Å². The van der Waals surface area contributed by atoms with Gasteiger partial charge in [-0.2, -0.15) is 0 Å². The van der Waals surface area contributed by atoms with Gasteiger partial charge in [-0.15, -0.1) is 0 Å². The summed E-state index contributed by atoms with van der Waals surface area (Å²) in [5.74, 6) is 0.328. The van der Waals surface area contributed by atoms with E-state index in [1.54, 1.807) is 36.8 Å². The van der Waals surface area contributed by atoms with Crippen LogP contribution in [-0.4, -0.2) is 22.4 Å². The van der Waals surface area contributed by atoms with Crippen molar-refractivity contribution in [2.24, 2.45) is 0 Å². The van der Waals surface area contributed by atoms with Gasteiger partial charge < -0.3 is 10.6 Å². The molecule has 0 bridgehead atoms. The van der Waals surface area contributed by atoms with Crippen molar-refractivity contribution >= 4 is 17.4 Å². The number of amides is 1. The predicted molar refractivity (Wildman–Crippen MR) is 70.6 cm³/mol. The summed E-state index contributed by atoms with van der Waals surface area (Å²) in [7, 11) is 0. The standard InChI is InChI=1S/C13H14N4O/c1-2-15-11-9-14-8-6-10(11)13(18)17-12-5-3-4-7-16-12/h3-9,15H,2H2,1H3,(H,16,17,18). The number of carbonyl (C=O) groups excluding carboxylic acids is 1. The first-order chi connectivity index (χ1) is 8.81. The number of nitrogens with zero attached hydrogens (tertiary/aromatic N) is 2. The normalized spacial score (nSPS) is 9.83. The molecule has 0 atom stereocenters. The van der Waals surface area contributed by atoms with Gasteiger partial charge in [0.25, 0.3) is 5.91 Å². The zero-order valence-corrected chi connectivity index (χ0v) is 10.1. The summed E-state index contributed by atoms with van der Waals surface area (Å²) in [5, 5.41) is 5.84. The maximum Gasteiger partial charge on any atom is 0.259 e. The fourth-order valence-electron chi connectivity index (χ4n) is 1.54. The lowest BCUT2D eigenvalue weighted by atomic mass is 10.2. The third-order valence-corrected chi connectivity index (χ3v) is 2.34. The minimum absolute atomic E-state index is 0.202. The maximum absolute atomic E-state index is 12.1. The SMILES string of the molecule is CCNc1cnccc1C(=O)Nc1ccccn1. The van der Waals surface area contributed by atoms with Crippen LogP contribution in [0.4, 0.5) is 11.5 Å². The van der Waals surface area contributed by atoms with Gasteiger partial charge in [-0.3, -0.25) is 9.78 Å². The third-order valence-electron chi connectivity index (χ3n) is 2.34. The van der Waals surface area contributed by atoms with E-state index in [1.165, 1.54) is 0 Å². The number of hydrogen-bond acceptors (Lipinski definition) is 4. The Labute approximate surface area is 105 Å². The minimum atomic E-state index is -0.202. The number of aromatic nitrogens is 2. The molecule has 0 unspecified atom stereocenters. The Hall–Kier alpha value is -2.43. The van der Waals surface area contributed by atoms with E-state index in [0.717, 1.165) is 6.54 Å². The van der Waals surface area contributed by atoms with Crippen LogP contribution in [0.1, 0.15) is 17.3 Å². The van der Waals surface area contributed by atoms with E-state index in [2.05, 4.69) is 20.6 Å². The number of nitrogens with one attached hydrogen (secondary N) is 2. The highest BCUT2D eigenvalue weighted by Crippen LogP contribution is 2.14. The number of hydrogen-bond donors (Lipinski definition) is 2. The quantitative estimate of drug-likeness (QED) is 0.862. The highest BCUT2D eigenvalue weighted by atomic mass is 16.1. The molecule has 0 fully saturated rings. The molecule has 0 aliphatic heterocycles. The van der Waals surface area contributed by atoms with Crippen LogP contribution in [0, 0.1) is 0 Å². The van der Waals surface area contributed by atoms with Crippen molar-refractivity contribution in [1.82, 2.24) is 9.97 Å². The molecule has 0 radical (unpaired) electrons. The van der Waals surface area contributed by atoms with Gasteiger partial charge >= 0.3 is 0 Å². The Morgan fingerprint density at radius 3 is 2.89 bits per heavy atom. The topological polar surface area (TPSA) is 66.9 Å². The van der Waals surface area contributed by atoms with Gasteiger partial charge in [0.15, 0.2) is 0 Å². The average molecular weight is 242 g/mol. The molecule has 18 heavy (non-hydrogen) atoms. The average Bonchev–Trinajstić information content (AvgIpc) is 2.41. The summed E-state index contributed by atoms with van der Waals surface area (Å²) >= 11 is 0. The number of anilines is 2. The molecule has 2 rings (SSSR count). The van der Waals surface area contributed by atoms with Crippen molar-refractivity contribution in [3.63, 3.8) is 0 Å². The lowest BCUT2D eigenvalue weighted by Gasteiger charge is -2.09. The van der Waals surface area contributed by atoms with Gasteiger partial charge in [0, 0.05) is 18.9 Å². The number of carbonyl (C=O) groups is 1. The largest absolute Gasteiger partial charge is 0.383 e. The fraction of sp³-hybridized carbons (Fsp3) is 0.154. The lowest BCUT2D eigenvalue weighted by Crippen LogP contribution is -2.15. The van der Waals surface area contributed by atoms with Crippen molar-refractivity contribution in [3.8, 4) is 0 Å². The Kier molecular flexibility index (Phi) is 3.86. The monoisotopic (exact) mass is 242 g/mol. The second kappa shape index (κ2) is 5.77. The van der Waals surface area contributed by atoms with E-state index in [-0.39, 0.29) is 5.91 Å². The summed E-state index contributed by atoms with van der Waals surface area (Å²) in [4.78, 5) is 20.1. The molecular formula is C13H14N4O. The van der Waals surface area contributed by atoms with Gasteiger partial charge in [0.1, 0.15) is 5.82 Å². The number of rotatable bonds is 4. The molecule has 5 nitrogen and oxygen atoms in total. The second-order valence-corrected chi connectivity index (χ2v) is 3.62. The zero-order valence-electron chi connectivity index (χ0n) is 10.1. The van der Waals surface area contributed by atoms with Crippen molar-refractivity contribution in [2.45, 2.75) is 6.92 Å². The molecule has 2 N–H and O–H groups in total. The molecule has 0 aliphatic carbocycles. The third kappa shape index (κ3) is 2.82. The van der Waals surface area contributed by atoms with Crippen molar-refractivity contribution < 1.29 is 4.79 Å². The molecule has 92 valence electrons. The minimum Gasteiger partial charge on any atom is -0.383 e. The smallest absolute Gasteiger partial charge is 0.259 e. The summed E-state index contributed by atoms with van der Waals surface area (Å²) in [5.41, 5.74) is 1.27. The van der Waals surface area contributed by atoms with Crippen molar-refractivity contribution in [1.29, 1.82) is 0 Å². The van der Waals surface area contributed by atoms with Gasteiger partial charge in [0.2, 0.25) is 0 Å². The molecule has 0 saturated carbocycles. The lowest BCUT2D eigenvalue weighted by molar-refractivity contribution is 0.102. The Bertz CT molecular complexity index is 528. The maximum atomic E-state index is 12.1.